The second-order valence-corrected chi connectivity index (χ2v) is 6.38. The summed E-state index contributed by atoms with van der Waals surface area (Å²) in [5.74, 6) is -0.572. The van der Waals surface area contributed by atoms with Crippen molar-refractivity contribution < 1.29 is 23.8 Å². The lowest BCUT2D eigenvalue weighted by Gasteiger charge is -2.25. The van der Waals surface area contributed by atoms with Crippen molar-refractivity contribution in [2.45, 2.75) is 0 Å². The van der Waals surface area contributed by atoms with Crippen molar-refractivity contribution in [3.05, 3.63) is 28.1 Å². The van der Waals surface area contributed by atoms with Gasteiger partial charge in [-0.2, -0.15) is 0 Å². The van der Waals surface area contributed by atoms with Crippen molar-refractivity contribution >= 4 is 28.7 Å². The second kappa shape index (κ2) is 9.67. The fourth-order valence-electron chi connectivity index (χ4n) is 2.62. The minimum atomic E-state index is -0.294. The molecule has 0 spiro atoms. The molecule has 2 amide bonds. The van der Waals surface area contributed by atoms with Gasteiger partial charge in [0, 0.05) is 39.3 Å². The first-order valence-electron chi connectivity index (χ1n) is 8.01. The van der Waals surface area contributed by atoms with Gasteiger partial charge < -0.3 is 19.1 Å². The molecule has 1 aliphatic heterocycles. The van der Waals surface area contributed by atoms with Gasteiger partial charge in [-0.1, -0.05) is 6.07 Å². The summed E-state index contributed by atoms with van der Waals surface area (Å²) in [7, 11) is 4.76. The number of hydrogen-bond donors (Lipinski definition) is 0. The molecule has 0 unspecified atom stereocenters. The Hall–Kier alpha value is -1.74. The topological polar surface area (TPSA) is 68.3 Å². The molecule has 0 fully saturated rings. The van der Waals surface area contributed by atoms with E-state index in [1.165, 1.54) is 16.2 Å². The Labute approximate surface area is 151 Å². The van der Waals surface area contributed by atoms with Crippen LogP contribution in [-0.2, 0) is 23.8 Å². The number of methoxy groups -OCH3 is 3. The predicted octanol–water partition coefficient (Wildman–Crippen LogP) is 1.07. The summed E-state index contributed by atoms with van der Waals surface area (Å²) in [6, 6.07) is 3.73. The van der Waals surface area contributed by atoms with Gasteiger partial charge in [0.15, 0.2) is 0 Å². The quantitative estimate of drug-likeness (QED) is 0.544. The van der Waals surface area contributed by atoms with E-state index in [0.29, 0.717) is 44.2 Å². The Morgan fingerprint density at radius 2 is 1.64 bits per heavy atom. The van der Waals surface area contributed by atoms with Crippen LogP contribution < -0.4 is 0 Å². The zero-order valence-corrected chi connectivity index (χ0v) is 15.6. The third-order valence-electron chi connectivity index (χ3n) is 3.88. The van der Waals surface area contributed by atoms with Crippen LogP contribution in [0.15, 0.2) is 23.2 Å². The van der Waals surface area contributed by atoms with E-state index in [1.807, 2.05) is 22.4 Å². The van der Waals surface area contributed by atoms with Gasteiger partial charge in [-0.15, -0.1) is 11.3 Å². The van der Waals surface area contributed by atoms with Gasteiger partial charge in [0.05, 0.1) is 31.9 Å². The van der Waals surface area contributed by atoms with Crippen LogP contribution in [0.3, 0.4) is 0 Å². The van der Waals surface area contributed by atoms with Gasteiger partial charge in [-0.25, -0.2) is 0 Å². The summed E-state index contributed by atoms with van der Waals surface area (Å²) in [6.45, 7) is 2.44. The molecule has 0 radical (unpaired) electrons. The number of thiophene rings is 1. The van der Waals surface area contributed by atoms with E-state index < -0.39 is 0 Å². The van der Waals surface area contributed by atoms with Crippen molar-refractivity contribution in [2.75, 3.05) is 60.8 Å². The van der Waals surface area contributed by atoms with E-state index in [9.17, 15) is 9.59 Å². The summed E-state index contributed by atoms with van der Waals surface area (Å²) < 4.78 is 15.4. The zero-order valence-electron chi connectivity index (χ0n) is 14.8. The molecule has 0 aliphatic carbocycles. The zero-order chi connectivity index (χ0) is 18.2. The van der Waals surface area contributed by atoms with Crippen molar-refractivity contribution in [3.8, 4) is 0 Å². The van der Waals surface area contributed by atoms with Crippen molar-refractivity contribution in [3.63, 3.8) is 0 Å². The molecule has 138 valence electrons. The van der Waals surface area contributed by atoms with E-state index in [-0.39, 0.29) is 18.4 Å². The van der Waals surface area contributed by atoms with Crippen LogP contribution in [0.4, 0.5) is 0 Å². The maximum absolute atomic E-state index is 13.0. The summed E-state index contributed by atoms with van der Waals surface area (Å²) in [4.78, 5) is 29.8. The number of amides is 2. The molecular weight excluding hydrogens is 344 g/mol. The molecule has 1 aromatic heterocycles. The molecule has 0 atom stereocenters. The van der Waals surface area contributed by atoms with Crippen molar-refractivity contribution in [2.24, 2.45) is 0 Å². The van der Waals surface area contributed by atoms with Crippen LogP contribution in [0.1, 0.15) is 4.88 Å². The average Bonchev–Trinajstić information content (AvgIpc) is 3.21. The summed E-state index contributed by atoms with van der Waals surface area (Å²) in [5.41, 5.74) is 0.862. The standard InChI is InChI=1S/C17H24N2O5S/c1-22-9-6-18(7-10-23-2)15-14(13-5-4-12-25-13)16(20)19(17(15)21)8-11-24-3/h4-5,12H,6-11H2,1-3H3. The molecule has 25 heavy (non-hydrogen) atoms. The largest absolute Gasteiger partial charge is 0.383 e. The average molecular weight is 368 g/mol. The molecule has 0 saturated carbocycles. The summed E-state index contributed by atoms with van der Waals surface area (Å²) in [6.07, 6.45) is 0. The van der Waals surface area contributed by atoms with Crippen LogP contribution in [0.5, 0.6) is 0 Å². The van der Waals surface area contributed by atoms with E-state index in [1.54, 1.807) is 21.3 Å². The molecule has 8 heteroatoms. The van der Waals surface area contributed by atoms with Gasteiger partial charge in [0.1, 0.15) is 5.70 Å². The number of carbonyl (C=O) groups is 2. The van der Waals surface area contributed by atoms with E-state index >= 15 is 0 Å². The highest BCUT2D eigenvalue weighted by Crippen LogP contribution is 2.33. The lowest BCUT2D eigenvalue weighted by molar-refractivity contribution is -0.138. The Kier molecular flexibility index (Phi) is 7.57. The highest BCUT2D eigenvalue weighted by atomic mass is 32.1. The van der Waals surface area contributed by atoms with E-state index in [0.717, 1.165) is 4.88 Å². The number of imide groups is 1. The number of hydrogen-bond acceptors (Lipinski definition) is 7. The molecule has 1 aliphatic rings. The number of ether oxygens (including phenoxy) is 3. The molecule has 0 saturated heterocycles. The fraction of sp³-hybridized carbons (Fsp3) is 0.529. The van der Waals surface area contributed by atoms with Crippen LogP contribution in [-0.4, -0.2) is 82.4 Å². The Bertz CT molecular complexity index is 607. The smallest absolute Gasteiger partial charge is 0.277 e. The van der Waals surface area contributed by atoms with Crippen molar-refractivity contribution in [1.82, 2.24) is 9.80 Å². The first kappa shape index (κ1) is 19.6. The minimum Gasteiger partial charge on any atom is -0.383 e. The first-order valence-corrected chi connectivity index (χ1v) is 8.89. The van der Waals surface area contributed by atoms with Crippen LogP contribution in [0.25, 0.3) is 5.57 Å². The molecule has 0 N–H and O–H groups in total. The van der Waals surface area contributed by atoms with Gasteiger partial charge >= 0.3 is 0 Å². The van der Waals surface area contributed by atoms with Gasteiger partial charge in [0.2, 0.25) is 0 Å². The highest BCUT2D eigenvalue weighted by Gasteiger charge is 2.41. The van der Waals surface area contributed by atoms with Crippen LogP contribution in [0.2, 0.25) is 0 Å². The molecule has 1 aromatic rings. The molecular formula is C17H24N2O5S. The van der Waals surface area contributed by atoms with Crippen LogP contribution in [0, 0.1) is 0 Å². The lowest BCUT2D eigenvalue weighted by Crippen LogP contribution is -2.39. The summed E-state index contributed by atoms with van der Waals surface area (Å²) >= 11 is 1.44. The van der Waals surface area contributed by atoms with Crippen LogP contribution >= 0.6 is 11.3 Å². The maximum atomic E-state index is 13.0. The Morgan fingerprint density at radius 3 is 2.16 bits per heavy atom. The Morgan fingerprint density at radius 1 is 1.00 bits per heavy atom. The molecule has 2 heterocycles. The third kappa shape index (κ3) is 4.46. The molecule has 7 nitrogen and oxygen atoms in total. The highest BCUT2D eigenvalue weighted by molar-refractivity contribution is 7.11. The third-order valence-corrected chi connectivity index (χ3v) is 4.76. The van der Waals surface area contributed by atoms with Crippen molar-refractivity contribution in [1.29, 1.82) is 0 Å². The fourth-order valence-corrected chi connectivity index (χ4v) is 3.39. The van der Waals surface area contributed by atoms with Gasteiger partial charge in [0.25, 0.3) is 11.8 Å². The molecule has 2 rings (SSSR count). The maximum Gasteiger partial charge on any atom is 0.277 e. The van der Waals surface area contributed by atoms with Gasteiger partial charge in [-0.05, 0) is 11.4 Å². The Balaban J connectivity index is 2.40. The number of rotatable bonds is 11. The molecule has 0 bridgehead atoms. The lowest BCUT2D eigenvalue weighted by atomic mass is 10.1. The van der Waals surface area contributed by atoms with E-state index in [4.69, 9.17) is 14.2 Å². The van der Waals surface area contributed by atoms with E-state index in [2.05, 4.69) is 0 Å². The normalized spacial score (nSPS) is 14.8. The number of carbonyl (C=O) groups excluding carboxylic acids is 2. The summed E-state index contributed by atoms with van der Waals surface area (Å²) in [5, 5.41) is 1.89. The SMILES string of the molecule is COCCN(CCOC)C1=C(c2cccs2)C(=O)N(CCOC)C1=O. The number of nitrogens with zero attached hydrogens (tertiary/aromatic N) is 2. The predicted molar refractivity (Wildman–Crippen MR) is 95.2 cm³/mol. The van der Waals surface area contributed by atoms with Gasteiger partial charge in [-0.3, -0.25) is 14.5 Å². The monoisotopic (exact) mass is 368 g/mol. The minimum absolute atomic E-state index is 0.231. The first-order chi connectivity index (χ1) is 12.2. The second-order valence-electron chi connectivity index (χ2n) is 5.43. The molecule has 0 aromatic carbocycles.